The minimum Gasteiger partial charge on any atom is -0.343 e. The molecule has 3 heteroatoms. The summed E-state index contributed by atoms with van der Waals surface area (Å²) in [5, 5.41) is 4.97. The summed E-state index contributed by atoms with van der Waals surface area (Å²) in [6.07, 6.45) is 4.95. The summed E-state index contributed by atoms with van der Waals surface area (Å²) in [6, 6.07) is 17.8. The van der Waals surface area contributed by atoms with E-state index in [4.69, 9.17) is 0 Å². The molecule has 2 aromatic carbocycles. The van der Waals surface area contributed by atoms with Gasteiger partial charge < -0.3 is 9.88 Å². The van der Waals surface area contributed by atoms with Gasteiger partial charge in [0.1, 0.15) is 0 Å². The molecular formula is C19H19BrN2. The van der Waals surface area contributed by atoms with Crippen molar-refractivity contribution in [2.24, 2.45) is 0 Å². The van der Waals surface area contributed by atoms with Gasteiger partial charge in [-0.25, -0.2) is 0 Å². The number of aromatic nitrogens is 1. The summed E-state index contributed by atoms with van der Waals surface area (Å²) in [5.74, 6) is 0. The van der Waals surface area contributed by atoms with Crippen molar-refractivity contribution >= 4 is 26.8 Å². The molecule has 0 unspecified atom stereocenters. The second kappa shape index (κ2) is 5.90. The van der Waals surface area contributed by atoms with Crippen molar-refractivity contribution in [2.45, 2.75) is 32.0 Å². The lowest BCUT2D eigenvalue weighted by molar-refractivity contribution is 0.687. The Morgan fingerprint density at radius 2 is 1.86 bits per heavy atom. The molecule has 1 fully saturated rings. The van der Waals surface area contributed by atoms with Gasteiger partial charge in [0.25, 0.3) is 0 Å². The molecule has 0 bridgehead atoms. The second-order valence-electron chi connectivity index (χ2n) is 6.06. The van der Waals surface area contributed by atoms with Crippen molar-refractivity contribution in [3.8, 4) is 0 Å². The van der Waals surface area contributed by atoms with Crippen LogP contribution in [0.1, 0.15) is 24.0 Å². The molecule has 1 N–H and O–H groups in total. The molecule has 112 valence electrons. The van der Waals surface area contributed by atoms with E-state index in [1.807, 2.05) is 0 Å². The number of benzene rings is 2. The number of rotatable bonds is 5. The fourth-order valence-corrected chi connectivity index (χ4v) is 3.59. The van der Waals surface area contributed by atoms with Crippen LogP contribution in [0.4, 0.5) is 0 Å². The van der Waals surface area contributed by atoms with Crippen molar-refractivity contribution in [1.82, 2.24) is 9.88 Å². The monoisotopic (exact) mass is 354 g/mol. The lowest BCUT2D eigenvalue weighted by Crippen LogP contribution is -2.15. The fraction of sp³-hybridized carbons (Fsp3) is 0.263. The maximum atomic E-state index is 3.73. The van der Waals surface area contributed by atoms with E-state index in [0.717, 1.165) is 19.1 Å². The third kappa shape index (κ3) is 2.83. The number of hydrogen-bond donors (Lipinski definition) is 1. The molecule has 2 nitrogen and oxygen atoms in total. The predicted molar refractivity (Wildman–Crippen MR) is 95.0 cm³/mol. The highest BCUT2D eigenvalue weighted by molar-refractivity contribution is 9.10. The van der Waals surface area contributed by atoms with Crippen LogP contribution in [-0.4, -0.2) is 10.6 Å². The Morgan fingerprint density at radius 1 is 1.05 bits per heavy atom. The minimum absolute atomic E-state index is 0.731. The van der Waals surface area contributed by atoms with E-state index in [9.17, 15) is 0 Å². The Labute approximate surface area is 139 Å². The lowest BCUT2D eigenvalue weighted by Gasteiger charge is -2.05. The number of fused-ring (bicyclic) bond motifs is 1. The molecule has 22 heavy (non-hydrogen) atoms. The summed E-state index contributed by atoms with van der Waals surface area (Å²) in [7, 11) is 0. The average molecular weight is 355 g/mol. The molecule has 4 rings (SSSR count). The van der Waals surface area contributed by atoms with Crippen LogP contribution in [-0.2, 0) is 13.1 Å². The second-order valence-corrected chi connectivity index (χ2v) is 6.91. The van der Waals surface area contributed by atoms with Crippen LogP contribution < -0.4 is 5.32 Å². The normalized spacial score (nSPS) is 14.6. The quantitative estimate of drug-likeness (QED) is 0.702. The average Bonchev–Trinajstić information content (AvgIpc) is 3.30. The smallest absolute Gasteiger partial charge is 0.0498 e. The van der Waals surface area contributed by atoms with E-state index in [0.29, 0.717) is 0 Å². The standard InChI is InChI=1S/C19H19BrN2/c20-17-7-4-8-18-19(17)15(11-21-16-9-10-16)13-22(18)12-14-5-2-1-3-6-14/h1-8,13,16,21H,9-12H2. The Kier molecular flexibility index (Phi) is 3.77. The van der Waals surface area contributed by atoms with Gasteiger partial charge in [0.2, 0.25) is 0 Å². The van der Waals surface area contributed by atoms with Crippen molar-refractivity contribution in [2.75, 3.05) is 0 Å². The molecule has 0 radical (unpaired) electrons. The van der Waals surface area contributed by atoms with Crippen molar-refractivity contribution in [1.29, 1.82) is 0 Å². The van der Waals surface area contributed by atoms with Gasteiger partial charge in [0.15, 0.2) is 0 Å². The van der Waals surface area contributed by atoms with Crippen LogP contribution in [0, 0.1) is 0 Å². The van der Waals surface area contributed by atoms with Crippen molar-refractivity contribution in [3.63, 3.8) is 0 Å². The van der Waals surface area contributed by atoms with Gasteiger partial charge in [0, 0.05) is 40.7 Å². The topological polar surface area (TPSA) is 17.0 Å². The third-order valence-electron chi connectivity index (χ3n) is 4.29. The van der Waals surface area contributed by atoms with Gasteiger partial charge in [-0.2, -0.15) is 0 Å². The molecule has 1 aromatic heterocycles. The van der Waals surface area contributed by atoms with Crippen molar-refractivity contribution in [3.05, 3.63) is 70.3 Å². The number of nitrogens with one attached hydrogen (secondary N) is 1. The van der Waals surface area contributed by atoms with Gasteiger partial charge >= 0.3 is 0 Å². The zero-order valence-corrected chi connectivity index (χ0v) is 14.0. The molecule has 0 atom stereocenters. The maximum absolute atomic E-state index is 3.73. The summed E-state index contributed by atoms with van der Waals surface area (Å²) in [5.41, 5.74) is 4.01. The fourth-order valence-electron chi connectivity index (χ4n) is 2.98. The Morgan fingerprint density at radius 3 is 2.64 bits per heavy atom. The molecule has 0 amide bonds. The summed E-state index contributed by atoms with van der Waals surface area (Å²) < 4.78 is 3.55. The van der Waals surface area contributed by atoms with E-state index in [1.165, 1.54) is 39.3 Å². The third-order valence-corrected chi connectivity index (χ3v) is 4.95. The zero-order chi connectivity index (χ0) is 14.9. The highest BCUT2D eigenvalue weighted by Crippen LogP contribution is 2.30. The SMILES string of the molecule is Brc1cccc2c1c(CNC1CC1)cn2Cc1ccccc1. The highest BCUT2D eigenvalue weighted by atomic mass is 79.9. The molecular weight excluding hydrogens is 336 g/mol. The van der Waals surface area contributed by atoms with Gasteiger partial charge in [0.05, 0.1) is 0 Å². The van der Waals surface area contributed by atoms with E-state index < -0.39 is 0 Å². The lowest BCUT2D eigenvalue weighted by atomic mass is 10.2. The van der Waals surface area contributed by atoms with E-state index in [-0.39, 0.29) is 0 Å². The van der Waals surface area contributed by atoms with E-state index >= 15 is 0 Å². The summed E-state index contributed by atoms with van der Waals surface area (Å²) in [6.45, 7) is 1.86. The molecule has 0 saturated heterocycles. The Bertz CT molecular complexity index is 788. The molecule has 0 aliphatic heterocycles. The molecule has 1 saturated carbocycles. The Hall–Kier alpha value is -1.58. The number of hydrogen-bond acceptors (Lipinski definition) is 1. The minimum atomic E-state index is 0.731. The molecule has 1 aliphatic carbocycles. The predicted octanol–water partition coefficient (Wildman–Crippen LogP) is 4.70. The first-order valence-corrected chi connectivity index (χ1v) is 8.64. The van der Waals surface area contributed by atoms with Crippen LogP contribution in [0.25, 0.3) is 10.9 Å². The van der Waals surface area contributed by atoms with Crippen LogP contribution in [0.15, 0.2) is 59.2 Å². The van der Waals surface area contributed by atoms with E-state index in [2.05, 4.69) is 80.5 Å². The zero-order valence-electron chi connectivity index (χ0n) is 12.4. The molecule has 3 aromatic rings. The summed E-state index contributed by atoms with van der Waals surface area (Å²) in [4.78, 5) is 0. The van der Waals surface area contributed by atoms with E-state index in [1.54, 1.807) is 0 Å². The molecule has 1 aliphatic rings. The van der Waals surface area contributed by atoms with Crippen LogP contribution in [0.2, 0.25) is 0 Å². The summed E-state index contributed by atoms with van der Waals surface area (Å²) >= 11 is 3.73. The van der Waals surface area contributed by atoms with Gasteiger partial charge in [-0.3, -0.25) is 0 Å². The van der Waals surface area contributed by atoms with Gasteiger partial charge in [-0.05, 0) is 36.1 Å². The Balaban J connectivity index is 1.72. The number of halogens is 1. The highest BCUT2D eigenvalue weighted by Gasteiger charge is 2.21. The van der Waals surface area contributed by atoms with Crippen LogP contribution >= 0.6 is 15.9 Å². The van der Waals surface area contributed by atoms with Crippen LogP contribution in [0.5, 0.6) is 0 Å². The van der Waals surface area contributed by atoms with Crippen LogP contribution in [0.3, 0.4) is 0 Å². The van der Waals surface area contributed by atoms with Gasteiger partial charge in [-0.15, -0.1) is 0 Å². The number of nitrogens with zero attached hydrogens (tertiary/aromatic N) is 1. The largest absolute Gasteiger partial charge is 0.343 e. The first-order valence-electron chi connectivity index (χ1n) is 7.85. The molecule has 0 spiro atoms. The van der Waals surface area contributed by atoms with Gasteiger partial charge in [-0.1, -0.05) is 52.3 Å². The first kappa shape index (κ1) is 14.0. The van der Waals surface area contributed by atoms with Crippen molar-refractivity contribution < 1.29 is 0 Å². The molecule has 1 heterocycles. The maximum Gasteiger partial charge on any atom is 0.0498 e. The first-order chi connectivity index (χ1) is 10.8.